The summed E-state index contributed by atoms with van der Waals surface area (Å²) >= 11 is 0. The van der Waals surface area contributed by atoms with Crippen molar-refractivity contribution in [1.29, 1.82) is 5.26 Å². The molecule has 0 aromatic heterocycles. The van der Waals surface area contributed by atoms with Gasteiger partial charge >= 0.3 is 11.9 Å². The summed E-state index contributed by atoms with van der Waals surface area (Å²) in [6.07, 6.45) is -0.797. The van der Waals surface area contributed by atoms with Crippen LogP contribution >= 0.6 is 0 Å². The summed E-state index contributed by atoms with van der Waals surface area (Å²) in [6.45, 7) is 5.30. The molecule has 5 nitrogen and oxygen atoms in total. The van der Waals surface area contributed by atoms with E-state index in [2.05, 4.69) is 0 Å². The summed E-state index contributed by atoms with van der Waals surface area (Å²) in [5.74, 6) is -1.11. The summed E-state index contributed by atoms with van der Waals surface area (Å²) in [5.41, 5.74) is -1.43. The second kappa shape index (κ2) is 4.61. The minimum absolute atomic E-state index is 0.522. The van der Waals surface area contributed by atoms with Gasteiger partial charge in [0.15, 0.2) is 6.10 Å². The Kier molecular flexibility index (Phi) is 4.09. The highest BCUT2D eigenvalue weighted by Gasteiger charge is 2.37. The maximum atomic E-state index is 10.7. The summed E-state index contributed by atoms with van der Waals surface area (Å²) in [6, 6.07) is 1.79. The van der Waals surface area contributed by atoms with Crippen LogP contribution < -0.4 is 0 Å². The first kappa shape index (κ1) is 12.4. The van der Waals surface area contributed by atoms with Crippen molar-refractivity contribution in [1.82, 2.24) is 0 Å². The molecule has 0 radical (unpaired) electrons. The first-order valence-corrected chi connectivity index (χ1v) is 4.10. The Balaban J connectivity index is 4.60. The molecule has 0 aliphatic carbocycles. The number of esters is 2. The highest BCUT2D eigenvalue weighted by molar-refractivity contribution is 5.68. The summed E-state index contributed by atoms with van der Waals surface area (Å²) in [4.78, 5) is 21.3. The van der Waals surface area contributed by atoms with E-state index in [9.17, 15) is 9.59 Å². The molecule has 2 unspecified atom stereocenters. The van der Waals surface area contributed by atoms with E-state index < -0.39 is 23.6 Å². The lowest BCUT2D eigenvalue weighted by Crippen LogP contribution is -2.42. The second-order valence-electron chi connectivity index (χ2n) is 3.06. The SMILES string of the molecule is CC(=O)OC(C)C(C)(C#N)OC(C)=O. The topological polar surface area (TPSA) is 76.4 Å². The van der Waals surface area contributed by atoms with Gasteiger partial charge in [-0.1, -0.05) is 0 Å². The molecule has 78 valence electrons. The third-order valence-electron chi connectivity index (χ3n) is 1.70. The van der Waals surface area contributed by atoms with Crippen molar-refractivity contribution in [2.75, 3.05) is 0 Å². The quantitative estimate of drug-likeness (QED) is 0.628. The van der Waals surface area contributed by atoms with Crippen LogP contribution in [0.2, 0.25) is 0 Å². The smallest absolute Gasteiger partial charge is 0.304 e. The molecule has 0 heterocycles. The Hall–Kier alpha value is -1.57. The number of carbonyl (C=O) groups excluding carboxylic acids is 2. The predicted octanol–water partition coefficient (Wildman–Crippen LogP) is 0.783. The predicted molar refractivity (Wildman–Crippen MR) is 47.0 cm³/mol. The van der Waals surface area contributed by atoms with E-state index in [1.807, 2.05) is 0 Å². The molecule has 0 aliphatic heterocycles. The van der Waals surface area contributed by atoms with Gasteiger partial charge in [0.1, 0.15) is 6.07 Å². The molecule has 0 bridgehead atoms. The minimum Gasteiger partial charge on any atom is -0.457 e. The molecular weight excluding hydrogens is 186 g/mol. The maximum absolute atomic E-state index is 10.7. The van der Waals surface area contributed by atoms with E-state index in [1.165, 1.54) is 27.7 Å². The molecule has 0 aliphatic rings. The normalized spacial score (nSPS) is 15.9. The fourth-order valence-electron chi connectivity index (χ4n) is 0.857. The third-order valence-corrected chi connectivity index (χ3v) is 1.70. The van der Waals surface area contributed by atoms with Gasteiger partial charge in [-0.05, 0) is 13.8 Å². The van der Waals surface area contributed by atoms with Gasteiger partial charge in [-0.25, -0.2) is 0 Å². The molecule has 0 amide bonds. The lowest BCUT2D eigenvalue weighted by atomic mass is 10.0. The van der Waals surface area contributed by atoms with E-state index in [-0.39, 0.29) is 0 Å². The maximum Gasteiger partial charge on any atom is 0.304 e. The van der Waals surface area contributed by atoms with Gasteiger partial charge in [0.25, 0.3) is 0 Å². The van der Waals surface area contributed by atoms with Crippen molar-refractivity contribution in [3.63, 3.8) is 0 Å². The number of carbonyl (C=O) groups is 2. The Labute approximate surface area is 82.6 Å². The summed E-state index contributed by atoms with van der Waals surface area (Å²) < 4.78 is 9.54. The van der Waals surface area contributed by atoms with Crippen LogP contribution in [0.4, 0.5) is 0 Å². The molecular formula is C9H13NO4. The number of ether oxygens (including phenoxy) is 2. The molecule has 2 atom stereocenters. The lowest BCUT2D eigenvalue weighted by molar-refractivity contribution is -0.170. The average Bonchev–Trinajstić information content (AvgIpc) is 2.01. The zero-order valence-corrected chi connectivity index (χ0v) is 8.66. The van der Waals surface area contributed by atoms with Crippen LogP contribution in [0.25, 0.3) is 0 Å². The van der Waals surface area contributed by atoms with Gasteiger partial charge < -0.3 is 9.47 Å². The highest BCUT2D eigenvalue weighted by Crippen LogP contribution is 2.18. The van der Waals surface area contributed by atoms with Gasteiger partial charge in [0, 0.05) is 13.8 Å². The van der Waals surface area contributed by atoms with Crippen LogP contribution in [-0.2, 0) is 19.1 Å². The van der Waals surface area contributed by atoms with Gasteiger partial charge in [0.05, 0.1) is 0 Å². The molecule has 0 saturated heterocycles. The Morgan fingerprint density at radius 1 is 1.36 bits per heavy atom. The number of hydrogen-bond donors (Lipinski definition) is 0. The molecule has 0 rings (SSSR count). The first-order chi connectivity index (χ1) is 6.31. The molecule has 5 heteroatoms. The zero-order valence-electron chi connectivity index (χ0n) is 8.66. The Bertz CT molecular complexity index is 281. The van der Waals surface area contributed by atoms with Crippen LogP contribution in [0.5, 0.6) is 0 Å². The van der Waals surface area contributed by atoms with Crippen LogP contribution in [0.3, 0.4) is 0 Å². The van der Waals surface area contributed by atoms with Gasteiger partial charge in [-0.3, -0.25) is 9.59 Å². The minimum atomic E-state index is -1.43. The Morgan fingerprint density at radius 2 is 1.86 bits per heavy atom. The van der Waals surface area contributed by atoms with Crippen LogP contribution in [0.15, 0.2) is 0 Å². The van der Waals surface area contributed by atoms with Crippen molar-refractivity contribution < 1.29 is 19.1 Å². The monoisotopic (exact) mass is 199 g/mol. The summed E-state index contributed by atoms with van der Waals surface area (Å²) in [7, 11) is 0. The van der Waals surface area contributed by atoms with Crippen molar-refractivity contribution in [3.8, 4) is 6.07 Å². The standard InChI is InChI=1S/C9H13NO4/c1-6(13-7(2)11)9(4,5-10)14-8(3)12/h6H,1-4H3. The summed E-state index contributed by atoms with van der Waals surface area (Å²) in [5, 5.41) is 8.80. The van der Waals surface area contributed by atoms with Crippen molar-refractivity contribution >= 4 is 11.9 Å². The van der Waals surface area contributed by atoms with Crippen LogP contribution in [0.1, 0.15) is 27.7 Å². The molecule has 0 spiro atoms. The van der Waals surface area contributed by atoms with E-state index >= 15 is 0 Å². The fourth-order valence-corrected chi connectivity index (χ4v) is 0.857. The van der Waals surface area contributed by atoms with E-state index in [0.717, 1.165) is 0 Å². The first-order valence-electron chi connectivity index (χ1n) is 4.10. The highest BCUT2D eigenvalue weighted by atomic mass is 16.6. The van der Waals surface area contributed by atoms with Gasteiger partial charge in [-0.2, -0.15) is 5.26 Å². The molecule has 0 fully saturated rings. The van der Waals surface area contributed by atoms with Crippen LogP contribution in [-0.4, -0.2) is 23.6 Å². The fraction of sp³-hybridized carbons (Fsp3) is 0.667. The van der Waals surface area contributed by atoms with Crippen LogP contribution in [0, 0.1) is 11.3 Å². The number of nitrogens with zero attached hydrogens (tertiary/aromatic N) is 1. The zero-order chi connectivity index (χ0) is 11.4. The van der Waals surface area contributed by atoms with Crippen molar-refractivity contribution in [3.05, 3.63) is 0 Å². The third kappa shape index (κ3) is 3.44. The van der Waals surface area contributed by atoms with Gasteiger partial charge in [0.2, 0.25) is 5.60 Å². The lowest BCUT2D eigenvalue weighted by Gasteiger charge is -2.27. The molecule has 0 aromatic rings. The van der Waals surface area contributed by atoms with E-state index in [0.29, 0.717) is 0 Å². The Morgan fingerprint density at radius 3 is 2.14 bits per heavy atom. The second-order valence-corrected chi connectivity index (χ2v) is 3.06. The molecule has 0 saturated carbocycles. The number of hydrogen-bond acceptors (Lipinski definition) is 5. The van der Waals surface area contributed by atoms with Crippen molar-refractivity contribution in [2.24, 2.45) is 0 Å². The number of rotatable bonds is 3. The molecule has 0 N–H and O–H groups in total. The van der Waals surface area contributed by atoms with Gasteiger partial charge in [-0.15, -0.1) is 0 Å². The number of nitriles is 1. The molecule has 0 aromatic carbocycles. The largest absolute Gasteiger partial charge is 0.457 e. The van der Waals surface area contributed by atoms with Crippen molar-refractivity contribution in [2.45, 2.75) is 39.4 Å². The van der Waals surface area contributed by atoms with E-state index in [4.69, 9.17) is 14.7 Å². The average molecular weight is 199 g/mol. The van der Waals surface area contributed by atoms with E-state index in [1.54, 1.807) is 6.07 Å². The molecule has 14 heavy (non-hydrogen) atoms.